The average Bonchev–Trinajstić information content (AvgIpc) is 3.16. The molecule has 10 nitrogen and oxygen atoms in total. The minimum Gasteiger partial charge on any atom is -0.497 e. The molecule has 0 bridgehead atoms. The number of benzene rings is 3. The van der Waals surface area contributed by atoms with Gasteiger partial charge in [0.1, 0.15) is 22.1 Å². The van der Waals surface area contributed by atoms with E-state index in [0.717, 1.165) is 0 Å². The van der Waals surface area contributed by atoms with Gasteiger partial charge in [-0.15, -0.1) is 0 Å². The van der Waals surface area contributed by atoms with Gasteiger partial charge in [0.05, 0.1) is 33.4 Å². The van der Waals surface area contributed by atoms with Crippen molar-refractivity contribution in [1.29, 1.82) is 0 Å². The first-order valence-corrected chi connectivity index (χ1v) is 13.2. The lowest BCUT2D eigenvalue weighted by Gasteiger charge is -2.31. The fraction of sp³-hybridized carbons (Fsp3) is 0.231. The summed E-state index contributed by atoms with van der Waals surface area (Å²) >= 11 is 6.34. The molecule has 0 spiro atoms. The molecule has 4 rings (SSSR count). The number of hydrogen-bond donors (Lipinski definition) is 2. The van der Waals surface area contributed by atoms with Crippen LogP contribution >= 0.6 is 11.6 Å². The lowest BCUT2D eigenvalue weighted by atomic mass is 9.83. The van der Waals surface area contributed by atoms with Crippen molar-refractivity contribution in [2.45, 2.75) is 16.9 Å². The number of nitrogens with zero attached hydrogens (tertiary/aromatic N) is 1. The van der Waals surface area contributed by atoms with Crippen molar-refractivity contribution in [3.63, 3.8) is 0 Å². The zero-order chi connectivity index (χ0) is 27.7. The summed E-state index contributed by atoms with van der Waals surface area (Å²) in [6, 6.07) is 15.1. The average molecular weight is 561 g/mol. The first-order valence-electron chi connectivity index (χ1n) is 11.3. The van der Waals surface area contributed by atoms with Crippen molar-refractivity contribution < 1.29 is 37.3 Å². The van der Waals surface area contributed by atoms with Crippen LogP contribution in [0.15, 0.2) is 65.6 Å². The molecule has 1 aliphatic heterocycles. The van der Waals surface area contributed by atoms with Crippen molar-refractivity contribution in [3.05, 3.63) is 76.8 Å². The molecule has 38 heavy (non-hydrogen) atoms. The third-order valence-electron chi connectivity index (χ3n) is 6.22. The summed E-state index contributed by atoms with van der Waals surface area (Å²) in [5.41, 5.74) is -1.28. The molecule has 0 fully saturated rings. The molecule has 0 saturated heterocycles. The third kappa shape index (κ3) is 4.42. The standard InChI is InChI=1S/C26H25ClN2O8S/c1-35-17-9-11-23(22(15-17)37-3)38(33,34)29-20-10-8-16(27)14-19(20)26(25(29)32,28-13-12-24(30)31)18-6-4-5-7-21(18)36-2/h4-11,14-15,28H,12-13H2,1-3H3,(H,30,31). The van der Waals surface area contributed by atoms with Crippen LogP contribution in [0.25, 0.3) is 0 Å². The fourth-order valence-electron chi connectivity index (χ4n) is 4.53. The number of halogens is 1. The van der Waals surface area contributed by atoms with Gasteiger partial charge >= 0.3 is 5.97 Å². The first-order chi connectivity index (χ1) is 18.1. The number of methoxy groups -OCH3 is 3. The number of carboxylic acid groups (broad SMARTS) is 1. The van der Waals surface area contributed by atoms with Gasteiger partial charge in [-0.05, 0) is 36.4 Å². The quantitative estimate of drug-likeness (QED) is 0.383. The lowest BCUT2D eigenvalue weighted by molar-refractivity contribution is -0.137. The predicted molar refractivity (Wildman–Crippen MR) is 140 cm³/mol. The number of sulfonamides is 1. The maximum absolute atomic E-state index is 14.5. The van der Waals surface area contributed by atoms with Gasteiger partial charge < -0.3 is 19.3 Å². The van der Waals surface area contributed by atoms with E-state index in [-0.39, 0.29) is 45.6 Å². The van der Waals surface area contributed by atoms with E-state index in [1.54, 1.807) is 24.3 Å². The van der Waals surface area contributed by atoms with Crippen molar-refractivity contribution in [2.75, 3.05) is 32.2 Å². The van der Waals surface area contributed by atoms with E-state index in [1.165, 1.54) is 57.7 Å². The second kappa shape index (κ2) is 10.5. The van der Waals surface area contributed by atoms with E-state index in [9.17, 15) is 23.1 Å². The largest absolute Gasteiger partial charge is 0.497 e. The summed E-state index contributed by atoms with van der Waals surface area (Å²) in [7, 11) is -0.410. The Hall–Kier alpha value is -3.80. The Balaban J connectivity index is 2.01. The fourth-order valence-corrected chi connectivity index (χ4v) is 6.30. The van der Waals surface area contributed by atoms with E-state index < -0.39 is 27.4 Å². The number of ether oxygens (including phenoxy) is 3. The molecule has 3 aromatic rings. The van der Waals surface area contributed by atoms with Crippen LogP contribution < -0.4 is 23.8 Å². The summed E-state index contributed by atoms with van der Waals surface area (Å²) in [6.45, 7) is -0.162. The molecule has 0 radical (unpaired) electrons. The van der Waals surface area contributed by atoms with Crippen LogP contribution in [0.4, 0.5) is 5.69 Å². The second-order valence-corrected chi connectivity index (χ2v) is 10.5. The summed E-state index contributed by atoms with van der Waals surface area (Å²) in [4.78, 5) is 25.5. The van der Waals surface area contributed by atoms with E-state index >= 15 is 0 Å². The normalized spacial score (nSPS) is 16.7. The molecule has 3 aromatic carbocycles. The second-order valence-electron chi connectivity index (χ2n) is 8.27. The summed E-state index contributed by atoms with van der Waals surface area (Å²) in [5.74, 6) is -1.36. The van der Waals surface area contributed by atoms with Crippen molar-refractivity contribution >= 4 is 39.2 Å². The van der Waals surface area contributed by atoms with Crippen molar-refractivity contribution in [1.82, 2.24) is 5.32 Å². The number of carbonyl (C=O) groups is 2. The summed E-state index contributed by atoms with van der Waals surface area (Å²) in [5, 5.41) is 12.5. The number of hydrogen-bond acceptors (Lipinski definition) is 8. The Labute approximate surface area is 224 Å². The highest BCUT2D eigenvalue weighted by atomic mass is 35.5. The number of aliphatic carboxylic acids is 1. The van der Waals surface area contributed by atoms with E-state index in [0.29, 0.717) is 15.6 Å². The van der Waals surface area contributed by atoms with Gasteiger partial charge in [0.15, 0.2) is 5.54 Å². The van der Waals surface area contributed by atoms with Crippen LogP contribution in [-0.2, 0) is 25.2 Å². The van der Waals surface area contributed by atoms with Gasteiger partial charge in [0.25, 0.3) is 15.9 Å². The van der Waals surface area contributed by atoms with Gasteiger partial charge in [0, 0.05) is 28.8 Å². The lowest BCUT2D eigenvalue weighted by Crippen LogP contribution is -2.53. The zero-order valence-electron chi connectivity index (χ0n) is 20.7. The van der Waals surface area contributed by atoms with Crippen molar-refractivity contribution in [2.24, 2.45) is 0 Å². The van der Waals surface area contributed by atoms with Gasteiger partial charge in [-0.2, -0.15) is 0 Å². The predicted octanol–water partition coefficient (Wildman–Crippen LogP) is 3.41. The third-order valence-corrected chi connectivity index (χ3v) is 8.19. The molecular formula is C26H25ClN2O8S. The molecule has 12 heteroatoms. The Kier molecular flexibility index (Phi) is 7.54. The monoisotopic (exact) mass is 560 g/mol. The van der Waals surface area contributed by atoms with E-state index in [2.05, 4.69) is 5.32 Å². The number of carbonyl (C=O) groups excluding carboxylic acids is 1. The highest BCUT2D eigenvalue weighted by Gasteiger charge is 2.57. The Morgan fingerprint density at radius 1 is 0.974 bits per heavy atom. The Morgan fingerprint density at radius 3 is 2.34 bits per heavy atom. The molecule has 1 aliphatic rings. The van der Waals surface area contributed by atoms with Crippen LogP contribution in [0, 0.1) is 0 Å². The molecule has 0 aliphatic carbocycles. The summed E-state index contributed by atoms with van der Waals surface area (Å²) in [6.07, 6.45) is -0.334. The summed E-state index contributed by atoms with van der Waals surface area (Å²) < 4.78 is 45.0. The number of anilines is 1. The molecule has 1 amide bonds. The maximum Gasteiger partial charge on any atom is 0.304 e. The number of nitrogens with one attached hydrogen (secondary N) is 1. The van der Waals surface area contributed by atoms with Crippen LogP contribution in [-0.4, -0.2) is 53.3 Å². The molecule has 200 valence electrons. The Bertz CT molecular complexity index is 1510. The van der Waals surface area contributed by atoms with Gasteiger partial charge in [-0.25, -0.2) is 12.7 Å². The smallest absolute Gasteiger partial charge is 0.304 e. The number of fused-ring (bicyclic) bond motifs is 1. The number of amides is 1. The van der Waals surface area contributed by atoms with Gasteiger partial charge in [0.2, 0.25) is 0 Å². The molecule has 2 N–H and O–H groups in total. The van der Waals surface area contributed by atoms with Crippen LogP contribution in [0.5, 0.6) is 17.2 Å². The van der Waals surface area contributed by atoms with E-state index in [1.807, 2.05) is 0 Å². The molecule has 0 saturated carbocycles. The minimum absolute atomic E-state index is 0.0266. The molecule has 1 heterocycles. The van der Waals surface area contributed by atoms with Crippen molar-refractivity contribution in [3.8, 4) is 17.2 Å². The minimum atomic E-state index is -4.56. The van der Waals surface area contributed by atoms with Gasteiger partial charge in [-0.3, -0.25) is 14.9 Å². The maximum atomic E-state index is 14.5. The molecular weight excluding hydrogens is 536 g/mol. The SMILES string of the molecule is COc1ccc(S(=O)(=O)N2C(=O)C(NCCC(=O)O)(c3ccccc3OC)c3cc(Cl)ccc32)c(OC)c1. The van der Waals surface area contributed by atoms with Crippen LogP contribution in [0.3, 0.4) is 0 Å². The molecule has 1 atom stereocenters. The number of carboxylic acids is 1. The zero-order valence-corrected chi connectivity index (χ0v) is 22.3. The number of rotatable bonds is 10. The van der Waals surface area contributed by atoms with Crippen LogP contribution in [0.1, 0.15) is 17.5 Å². The Morgan fingerprint density at radius 2 is 1.68 bits per heavy atom. The first kappa shape index (κ1) is 27.2. The van der Waals surface area contributed by atoms with E-state index in [4.69, 9.17) is 25.8 Å². The topological polar surface area (TPSA) is 131 Å². The number of para-hydroxylation sites is 1. The van der Waals surface area contributed by atoms with Crippen LogP contribution in [0.2, 0.25) is 5.02 Å². The van der Waals surface area contributed by atoms with Gasteiger partial charge in [-0.1, -0.05) is 29.8 Å². The molecule has 0 aromatic heterocycles. The molecule has 1 unspecified atom stereocenters. The highest BCUT2D eigenvalue weighted by Crippen LogP contribution is 2.50. The highest BCUT2D eigenvalue weighted by molar-refractivity contribution is 7.93.